The summed E-state index contributed by atoms with van der Waals surface area (Å²) < 4.78 is 2.43. The summed E-state index contributed by atoms with van der Waals surface area (Å²) in [6.07, 6.45) is 17.3. The van der Waals surface area contributed by atoms with E-state index in [2.05, 4.69) is 185 Å². The minimum Gasteiger partial charge on any atom is -0.368 e. The van der Waals surface area contributed by atoms with Gasteiger partial charge in [0.2, 0.25) is 0 Å². The van der Waals surface area contributed by atoms with Crippen molar-refractivity contribution >= 4 is 27.5 Å². The molecule has 57 heavy (non-hydrogen) atoms. The van der Waals surface area contributed by atoms with Crippen molar-refractivity contribution < 1.29 is 0 Å². The van der Waals surface area contributed by atoms with Gasteiger partial charge in [-0.3, -0.25) is 9.97 Å². The van der Waals surface area contributed by atoms with Gasteiger partial charge in [0.1, 0.15) is 11.2 Å². The van der Waals surface area contributed by atoms with Crippen LogP contribution in [0.1, 0.15) is 22.5 Å². The van der Waals surface area contributed by atoms with Gasteiger partial charge in [-0.1, -0.05) is 115 Å². The van der Waals surface area contributed by atoms with Gasteiger partial charge in [-0.15, -0.1) is 0 Å². The summed E-state index contributed by atoms with van der Waals surface area (Å²) in [4.78, 5) is 12.6. The number of rotatable bonds is 5. The Bertz CT molecular complexity index is 2970. The monoisotopic (exact) mass is 731 g/mol. The van der Waals surface area contributed by atoms with Crippen LogP contribution in [0.15, 0.2) is 206 Å². The van der Waals surface area contributed by atoms with Gasteiger partial charge in [0.15, 0.2) is 0 Å². The van der Waals surface area contributed by atoms with E-state index in [0.29, 0.717) is 5.92 Å². The van der Waals surface area contributed by atoms with E-state index in [1.165, 1.54) is 66.8 Å². The summed E-state index contributed by atoms with van der Waals surface area (Å²) in [5, 5.41) is 6.12. The summed E-state index contributed by atoms with van der Waals surface area (Å²) >= 11 is 0. The number of nitrogens with zero attached hydrogens (tertiary/aromatic N) is 4. The Hall–Kier alpha value is -7.24. The molecular formula is C52H37N5. The third-order valence-corrected chi connectivity index (χ3v) is 12.5. The van der Waals surface area contributed by atoms with Crippen molar-refractivity contribution in [1.82, 2.24) is 19.9 Å². The first-order valence-corrected chi connectivity index (χ1v) is 19.8. The smallest absolute Gasteiger partial charge is 0.111 e. The van der Waals surface area contributed by atoms with E-state index in [0.717, 1.165) is 29.1 Å². The van der Waals surface area contributed by atoms with Crippen molar-refractivity contribution in [2.45, 2.75) is 11.5 Å². The minimum atomic E-state index is -0.679. The summed E-state index contributed by atoms with van der Waals surface area (Å²) in [7, 11) is 0. The number of pyridine rings is 2. The van der Waals surface area contributed by atoms with Crippen molar-refractivity contribution in [1.29, 1.82) is 0 Å². The van der Waals surface area contributed by atoms with Crippen LogP contribution in [0.4, 0.5) is 5.69 Å². The Morgan fingerprint density at radius 1 is 0.579 bits per heavy atom. The van der Waals surface area contributed by atoms with Crippen molar-refractivity contribution in [3.05, 3.63) is 228 Å². The molecule has 5 heterocycles. The molecule has 5 nitrogen and oxygen atoms in total. The maximum Gasteiger partial charge on any atom is 0.111 e. The number of dihydropyridines is 1. The van der Waals surface area contributed by atoms with Crippen LogP contribution in [-0.4, -0.2) is 27.1 Å². The largest absolute Gasteiger partial charge is 0.368 e. The summed E-state index contributed by atoms with van der Waals surface area (Å²) in [6, 6.07) is 53.2. The molecule has 4 aliphatic rings. The molecule has 5 aromatic carbocycles. The van der Waals surface area contributed by atoms with Crippen LogP contribution in [0.5, 0.6) is 0 Å². The van der Waals surface area contributed by atoms with Gasteiger partial charge in [0, 0.05) is 52.6 Å². The van der Waals surface area contributed by atoms with Crippen LogP contribution in [0.2, 0.25) is 0 Å². The Morgan fingerprint density at radius 2 is 1.26 bits per heavy atom. The highest BCUT2D eigenvalue weighted by Gasteiger charge is 2.48. The van der Waals surface area contributed by atoms with Crippen molar-refractivity contribution in [3.63, 3.8) is 0 Å². The van der Waals surface area contributed by atoms with Crippen LogP contribution in [-0.2, 0) is 5.41 Å². The van der Waals surface area contributed by atoms with Crippen LogP contribution in [0, 0.1) is 5.92 Å². The van der Waals surface area contributed by atoms with E-state index in [-0.39, 0.29) is 6.04 Å². The van der Waals surface area contributed by atoms with Crippen molar-refractivity contribution in [3.8, 4) is 27.9 Å². The molecule has 0 spiro atoms. The van der Waals surface area contributed by atoms with Gasteiger partial charge >= 0.3 is 0 Å². The first-order valence-electron chi connectivity index (χ1n) is 19.8. The van der Waals surface area contributed by atoms with Crippen LogP contribution in [0.25, 0.3) is 49.7 Å². The number of hydrogen-bond donors (Lipinski definition) is 1. The molecule has 1 N–H and O–H groups in total. The number of aromatic nitrogens is 3. The molecule has 5 heteroatoms. The number of allylic oxidation sites excluding steroid dienone is 3. The summed E-state index contributed by atoms with van der Waals surface area (Å²) in [6.45, 7) is 0.851. The quantitative estimate of drug-likeness (QED) is 0.191. The fraction of sp³-hybridized carbons (Fsp3) is 0.0769. The number of anilines is 1. The zero-order valence-electron chi connectivity index (χ0n) is 31.1. The third-order valence-electron chi connectivity index (χ3n) is 12.5. The Balaban J connectivity index is 0.984. The molecule has 2 atom stereocenters. The molecule has 3 aromatic heterocycles. The zero-order valence-corrected chi connectivity index (χ0v) is 31.1. The van der Waals surface area contributed by atoms with E-state index in [4.69, 9.17) is 9.97 Å². The molecule has 0 fully saturated rings. The molecule has 0 saturated carbocycles. The van der Waals surface area contributed by atoms with Crippen LogP contribution >= 0.6 is 0 Å². The molecule has 2 aliphatic carbocycles. The van der Waals surface area contributed by atoms with E-state index in [9.17, 15) is 0 Å². The van der Waals surface area contributed by atoms with E-state index in [1.54, 1.807) is 0 Å². The molecule has 12 rings (SSSR count). The second-order valence-corrected chi connectivity index (χ2v) is 15.3. The highest BCUT2D eigenvalue weighted by atomic mass is 15.3. The van der Waals surface area contributed by atoms with Gasteiger partial charge in [-0.2, -0.15) is 0 Å². The molecule has 0 saturated heterocycles. The molecule has 8 aromatic rings. The molecule has 2 aliphatic heterocycles. The predicted molar refractivity (Wildman–Crippen MR) is 231 cm³/mol. The standard InChI is InChI=1S/C52H37N5/c1-4-16-44-38(12-1)42-32-43-40-14-3-5-17-46(40)56(48(43)33-45(42)52(44,49-19-7-9-29-53-49)50-20-8-10-30-54-50)36-25-21-34(22-26-36)35-23-27-37(28-24-35)57-47-18-6-2-13-39(47)41-15-11-31-55-51(41)57/h1-30,32-33,39,47,55H,31H2. The van der Waals surface area contributed by atoms with Crippen molar-refractivity contribution in [2.24, 2.45) is 5.92 Å². The van der Waals surface area contributed by atoms with Gasteiger partial charge < -0.3 is 14.8 Å². The molecule has 0 radical (unpaired) electrons. The maximum atomic E-state index is 5.05. The Labute approximate surface area is 331 Å². The highest BCUT2D eigenvalue weighted by Crippen LogP contribution is 2.56. The summed E-state index contributed by atoms with van der Waals surface area (Å²) in [5.74, 6) is 1.58. The zero-order chi connectivity index (χ0) is 37.5. The lowest BCUT2D eigenvalue weighted by Crippen LogP contribution is -2.37. The highest BCUT2D eigenvalue weighted by molar-refractivity contribution is 6.12. The number of nitrogens with one attached hydrogen (secondary N) is 1. The average molecular weight is 732 g/mol. The second-order valence-electron chi connectivity index (χ2n) is 15.3. The van der Waals surface area contributed by atoms with Gasteiger partial charge in [0.25, 0.3) is 0 Å². The van der Waals surface area contributed by atoms with Gasteiger partial charge in [0.05, 0.1) is 28.5 Å². The van der Waals surface area contributed by atoms with Crippen LogP contribution < -0.4 is 10.2 Å². The summed E-state index contributed by atoms with van der Waals surface area (Å²) in [5.41, 5.74) is 14.5. The fourth-order valence-corrected chi connectivity index (χ4v) is 10.1. The van der Waals surface area contributed by atoms with E-state index in [1.807, 2.05) is 24.5 Å². The predicted octanol–water partition coefficient (Wildman–Crippen LogP) is 10.9. The van der Waals surface area contributed by atoms with Crippen molar-refractivity contribution in [2.75, 3.05) is 11.4 Å². The lowest BCUT2D eigenvalue weighted by atomic mass is 9.72. The molecule has 270 valence electrons. The number of para-hydroxylation sites is 1. The van der Waals surface area contributed by atoms with Gasteiger partial charge in [-0.05, 0) is 100 Å². The number of fused-ring (bicyclic) bond motifs is 8. The SMILES string of the molecule is C1=CC2C3=C(NCC=C3)N(c3ccc(-c4ccc(-n5c6ccccc6c6cc7c(cc65)C(c5ccccn5)(c5ccccn5)c5ccccc5-7)cc4)cc3)C2C=C1. The molecule has 0 amide bonds. The lowest BCUT2D eigenvalue weighted by molar-refractivity contribution is 0.677. The lowest BCUT2D eigenvalue weighted by Gasteiger charge is -2.31. The second kappa shape index (κ2) is 12.4. The molecule has 2 unspecified atom stereocenters. The minimum absolute atomic E-state index is 0.278. The Kier molecular flexibility index (Phi) is 6.96. The number of hydrogen-bond acceptors (Lipinski definition) is 4. The molecule has 0 bridgehead atoms. The first kappa shape index (κ1) is 32.0. The maximum absolute atomic E-state index is 5.05. The van der Waals surface area contributed by atoms with Gasteiger partial charge in [-0.25, -0.2) is 0 Å². The Morgan fingerprint density at radius 3 is 2.02 bits per heavy atom. The molecular weight excluding hydrogens is 695 g/mol. The first-order chi connectivity index (χ1) is 28.3. The average Bonchev–Trinajstić information content (AvgIpc) is 3.90. The van der Waals surface area contributed by atoms with Crippen LogP contribution in [0.3, 0.4) is 0 Å². The fourth-order valence-electron chi connectivity index (χ4n) is 10.1. The third kappa shape index (κ3) is 4.57. The topological polar surface area (TPSA) is 46.0 Å². The number of benzene rings is 5. The normalized spacial score (nSPS) is 18.4. The van der Waals surface area contributed by atoms with E-state index < -0.39 is 5.41 Å². The van der Waals surface area contributed by atoms with E-state index >= 15 is 0 Å².